The summed E-state index contributed by atoms with van der Waals surface area (Å²) in [7, 11) is 0. The van der Waals surface area contributed by atoms with Gasteiger partial charge in [-0.2, -0.15) is 0 Å². The largest absolute Gasteiger partial charge is 1.00 e. The lowest BCUT2D eigenvalue weighted by Crippen LogP contribution is -2.57. The Labute approximate surface area is 301 Å². The average Bonchev–Trinajstić information content (AvgIpc) is 3.64. The van der Waals surface area contributed by atoms with E-state index in [1.165, 1.54) is 70.8 Å². The minimum absolute atomic E-state index is 0. The number of carbonyl (C=O) groups is 5. The highest BCUT2D eigenvalue weighted by Gasteiger charge is 2.56. The monoisotopic (exact) mass is 713 g/mol. The van der Waals surface area contributed by atoms with Crippen LogP contribution >= 0.6 is 0 Å². The maximum atomic E-state index is 11.2. The van der Waals surface area contributed by atoms with Crippen molar-refractivity contribution in [3.05, 3.63) is 24.3 Å². The Balaban J connectivity index is 0. The first-order valence-electron chi connectivity index (χ1n) is 17.9. The number of hydrogen-bond acceptors (Lipinski definition) is 9. The van der Waals surface area contributed by atoms with Gasteiger partial charge >= 0.3 is 26.7 Å². The van der Waals surface area contributed by atoms with E-state index in [1.54, 1.807) is 25.0 Å². The van der Waals surface area contributed by atoms with Gasteiger partial charge in [0, 0.05) is 30.5 Å². The fourth-order valence-corrected chi connectivity index (χ4v) is 9.52. The van der Waals surface area contributed by atoms with Gasteiger partial charge in [0.15, 0.2) is 0 Å². The van der Waals surface area contributed by atoms with Crippen molar-refractivity contribution in [2.24, 2.45) is 47.3 Å². The van der Waals surface area contributed by atoms with Gasteiger partial charge in [-0.3, -0.25) is 24.0 Å². The molecule has 0 aromatic rings. The molecular formula is C38H63O12+3. The summed E-state index contributed by atoms with van der Waals surface area (Å²) in [6.07, 6.45) is 17.3. The number of rotatable bonds is 2. The number of allylic oxidation sites excluding steroid dienone is 1. The van der Waals surface area contributed by atoms with Crippen LogP contribution in [-0.2, 0) is 42.9 Å². The molecule has 3 N–H and O–H groups in total. The van der Waals surface area contributed by atoms with E-state index in [2.05, 4.69) is 23.0 Å². The quantitative estimate of drug-likeness (QED) is 0.136. The van der Waals surface area contributed by atoms with Crippen LogP contribution < -0.4 is 0 Å². The van der Waals surface area contributed by atoms with Gasteiger partial charge in [-0.05, 0) is 125 Å². The second kappa shape index (κ2) is 18.5. The molecule has 0 spiro atoms. The van der Waals surface area contributed by atoms with Gasteiger partial charge in [0.25, 0.3) is 11.9 Å². The minimum Gasteiger partial charge on any atom is -0.481 e. The molecule has 10 aliphatic rings. The van der Waals surface area contributed by atoms with E-state index in [0.717, 1.165) is 49.4 Å². The SMILES string of the molecule is C=C1C2CC3CC(C2)CC1C3.CC(=O)O.CC(=O)O.CC(=O)OC1(C)C2CC3CC(C2)CC1C3.CC(=O)OC1COC(=O)C1.[2HH].[2HH].[H+].[H+].[OH+]=C1C=CCO1. The molecule has 284 valence electrons. The number of esters is 4. The Morgan fingerprint density at radius 3 is 1.56 bits per heavy atom. The summed E-state index contributed by atoms with van der Waals surface area (Å²) in [6.45, 7) is 12.2. The van der Waals surface area contributed by atoms with Crippen LogP contribution in [0.25, 0.3) is 0 Å². The predicted octanol–water partition coefficient (Wildman–Crippen LogP) is 6.60. The van der Waals surface area contributed by atoms with Crippen molar-refractivity contribution in [2.45, 2.75) is 117 Å². The fraction of sp³-hybridized carbons (Fsp3) is 0.737. The second-order valence-electron chi connectivity index (χ2n) is 15.2. The van der Waals surface area contributed by atoms with Gasteiger partial charge in [0.1, 0.15) is 18.3 Å². The van der Waals surface area contributed by atoms with Crippen molar-refractivity contribution in [3.63, 3.8) is 0 Å². The number of carbonyl (C=O) groups excluding carboxylic acids is 4. The molecular weight excluding hydrogens is 648 g/mol. The molecule has 9 fully saturated rings. The summed E-state index contributed by atoms with van der Waals surface area (Å²) in [5.41, 5.74) is 1.50. The minimum atomic E-state index is -0.833. The van der Waals surface area contributed by atoms with Crippen molar-refractivity contribution >= 4 is 35.8 Å². The summed E-state index contributed by atoms with van der Waals surface area (Å²) >= 11 is 0. The maximum absolute atomic E-state index is 11.2. The fourth-order valence-electron chi connectivity index (χ4n) is 9.52. The molecule has 10 rings (SSSR count). The molecule has 0 aromatic heterocycles. The summed E-state index contributed by atoms with van der Waals surface area (Å²) in [5, 5.41) is 14.8. The molecule has 0 aromatic carbocycles. The lowest BCUT2D eigenvalue weighted by atomic mass is 9.50. The third-order valence-electron chi connectivity index (χ3n) is 11.1. The van der Waals surface area contributed by atoms with Crippen LogP contribution in [-0.4, -0.2) is 75.7 Å². The molecule has 50 heavy (non-hydrogen) atoms. The van der Waals surface area contributed by atoms with E-state index in [4.69, 9.17) is 34.1 Å². The Hall–Kier alpha value is -3.70. The van der Waals surface area contributed by atoms with Crippen LogP contribution in [0.5, 0.6) is 0 Å². The molecule has 0 radical (unpaired) electrons. The molecule has 2 aliphatic heterocycles. The molecule has 8 bridgehead atoms. The molecule has 0 amide bonds. The normalized spacial score (nSPS) is 35.4. The van der Waals surface area contributed by atoms with Gasteiger partial charge in [0.05, 0.1) is 12.5 Å². The van der Waals surface area contributed by atoms with E-state index in [1.807, 2.05) is 0 Å². The molecule has 12 heteroatoms. The number of carboxylic acids is 2. The number of carboxylic acid groups (broad SMARTS) is 2. The zero-order valence-corrected chi connectivity index (χ0v) is 30.3. The highest BCUT2D eigenvalue weighted by molar-refractivity contribution is 5.84. The van der Waals surface area contributed by atoms with Crippen molar-refractivity contribution in [3.8, 4) is 0 Å². The third kappa shape index (κ3) is 12.6. The van der Waals surface area contributed by atoms with Crippen molar-refractivity contribution in [1.29, 1.82) is 0 Å². The number of aliphatic carboxylic acids is 2. The Morgan fingerprint density at radius 1 is 0.820 bits per heavy atom. The molecule has 1 unspecified atom stereocenters. The Bertz CT molecular complexity index is 1220. The topological polar surface area (TPSA) is 184 Å². The van der Waals surface area contributed by atoms with Crippen molar-refractivity contribution in [1.82, 2.24) is 0 Å². The smallest absolute Gasteiger partial charge is 0.481 e. The van der Waals surface area contributed by atoms with Crippen LogP contribution in [0.1, 0.15) is 111 Å². The zero-order chi connectivity index (χ0) is 37.2. The summed E-state index contributed by atoms with van der Waals surface area (Å²) < 4.78 is 19.4. The molecule has 12 nitrogen and oxygen atoms in total. The van der Waals surface area contributed by atoms with Gasteiger partial charge in [-0.1, -0.05) is 12.2 Å². The molecule has 8 saturated carbocycles. The van der Waals surface area contributed by atoms with E-state index in [9.17, 15) is 14.4 Å². The first kappa shape index (κ1) is 40.7. The molecule has 2 heterocycles. The van der Waals surface area contributed by atoms with Crippen LogP contribution in [0.4, 0.5) is 0 Å². The first-order valence-corrected chi connectivity index (χ1v) is 17.9. The maximum Gasteiger partial charge on any atom is 1.00 e. The molecule has 1 atom stereocenters. The molecule has 8 aliphatic carbocycles. The second-order valence-corrected chi connectivity index (χ2v) is 15.2. The highest BCUT2D eigenvalue weighted by Crippen LogP contribution is 2.59. The number of ether oxygens (including phenoxy) is 4. The first-order chi connectivity index (χ1) is 23.4. The van der Waals surface area contributed by atoms with E-state index in [0.29, 0.717) is 18.4 Å². The van der Waals surface area contributed by atoms with Gasteiger partial charge in [0.2, 0.25) is 6.61 Å². The third-order valence-corrected chi connectivity index (χ3v) is 11.1. The van der Waals surface area contributed by atoms with E-state index in [-0.39, 0.29) is 54.3 Å². The highest BCUT2D eigenvalue weighted by atomic mass is 16.6. The van der Waals surface area contributed by atoms with Crippen LogP contribution in [0.15, 0.2) is 24.3 Å². The average molecular weight is 714 g/mol. The van der Waals surface area contributed by atoms with E-state index >= 15 is 0 Å². The predicted molar refractivity (Wildman–Crippen MR) is 190 cm³/mol. The summed E-state index contributed by atoms with van der Waals surface area (Å²) in [6, 6.07) is 0. The van der Waals surface area contributed by atoms with Gasteiger partial charge in [-0.25, -0.2) is 0 Å². The standard InChI is InChI=1S/C13H20O2.C11H16.C6H8O4.C4H4O2.2C2H4O2.2H2/c1-8(14)15-13(2)11-4-9-3-10(6-11)7-12(13)5-9;1-7-10-3-8-2-9(5-10)6-11(7)4-8;1-4(7)10-5-2-6(8)9-3-5;5-4-2-1-3-6-4;2*1-2(3)4;;/h9-12H,3-7H2,1-2H3;8-11H,1-6H2;5H,2-3H2,1H3;1-2H,3H2;2*1H3,(H,3,4);2*1H/p+3/i;;;;;;2*1+1. The number of cyclic esters (lactones) is 2. The van der Waals surface area contributed by atoms with Gasteiger partial charge in [-0.15, -0.1) is 0 Å². The lowest BCUT2D eigenvalue weighted by Gasteiger charge is -2.58. The van der Waals surface area contributed by atoms with Crippen molar-refractivity contribution < 1.29 is 63.6 Å². The van der Waals surface area contributed by atoms with E-state index < -0.39 is 11.9 Å². The van der Waals surface area contributed by atoms with Crippen LogP contribution in [0, 0.1) is 47.3 Å². The van der Waals surface area contributed by atoms with Crippen LogP contribution in [0.2, 0.25) is 0 Å². The lowest BCUT2D eigenvalue weighted by molar-refractivity contribution is -0.201. The van der Waals surface area contributed by atoms with Crippen LogP contribution in [0.3, 0.4) is 0 Å². The van der Waals surface area contributed by atoms with Gasteiger partial charge < -0.3 is 34.0 Å². The zero-order valence-electron chi connectivity index (χ0n) is 32.3. The van der Waals surface area contributed by atoms with Crippen molar-refractivity contribution in [2.75, 3.05) is 13.2 Å². The Morgan fingerprint density at radius 2 is 1.26 bits per heavy atom. The number of hydrogen-bond donors (Lipinski definition) is 2. The Kier molecular flexibility index (Phi) is 15.1. The summed E-state index contributed by atoms with van der Waals surface area (Å²) in [4.78, 5) is 58.3. The molecule has 1 saturated heterocycles. The summed E-state index contributed by atoms with van der Waals surface area (Å²) in [5.74, 6) is 4.88.